The molecule has 0 bridgehead atoms. The Balaban J connectivity index is 2.40. The highest BCUT2D eigenvalue weighted by atomic mass is 32.2. The minimum atomic E-state index is -3.90. The van der Waals surface area contributed by atoms with E-state index in [-0.39, 0.29) is 21.3 Å². The first-order valence-electron chi connectivity index (χ1n) is 4.99. The molecule has 0 fully saturated rings. The van der Waals surface area contributed by atoms with Crippen molar-refractivity contribution in [3.05, 3.63) is 34.5 Å². The summed E-state index contributed by atoms with van der Waals surface area (Å²) >= 11 is 0.863. The van der Waals surface area contributed by atoms with Crippen molar-refractivity contribution in [2.75, 3.05) is 10.1 Å². The Hall–Kier alpha value is -2.31. The maximum absolute atomic E-state index is 12.1. The number of nitro groups is 1. The monoisotopic (exact) mass is 316 g/mol. The largest absolute Gasteiger partial charge is 0.318 e. The van der Waals surface area contributed by atoms with Crippen molar-refractivity contribution < 1.29 is 13.3 Å². The van der Waals surface area contributed by atoms with Gasteiger partial charge in [0.15, 0.2) is 0 Å². The molecule has 106 valence electrons. The average molecular weight is 316 g/mol. The Bertz CT molecular complexity index is 729. The van der Waals surface area contributed by atoms with Gasteiger partial charge >= 0.3 is 0 Å². The Morgan fingerprint density at radius 2 is 2.15 bits per heavy atom. The molecule has 12 heteroatoms. The molecule has 2 rings (SSSR count). The third kappa shape index (κ3) is 2.81. The number of anilines is 2. The summed E-state index contributed by atoms with van der Waals surface area (Å²) in [5.41, 5.74) is 1.65. The van der Waals surface area contributed by atoms with Crippen LogP contribution in [0.1, 0.15) is 0 Å². The predicted octanol–water partition coefficient (Wildman–Crippen LogP) is 0.533. The quantitative estimate of drug-likeness (QED) is 0.410. The third-order valence-electron chi connectivity index (χ3n) is 2.23. The van der Waals surface area contributed by atoms with Gasteiger partial charge < -0.3 is 5.43 Å². The van der Waals surface area contributed by atoms with Crippen LogP contribution >= 0.6 is 11.5 Å². The van der Waals surface area contributed by atoms with E-state index in [2.05, 4.69) is 19.7 Å². The van der Waals surface area contributed by atoms with E-state index in [0.717, 1.165) is 29.7 Å². The number of nitrogens with one attached hydrogen (secondary N) is 2. The van der Waals surface area contributed by atoms with Gasteiger partial charge in [-0.2, -0.15) is 0 Å². The molecule has 2 aromatic rings. The van der Waals surface area contributed by atoms with Crippen LogP contribution in [0, 0.1) is 10.1 Å². The van der Waals surface area contributed by atoms with E-state index in [0.29, 0.717) is 0 Å². The number of nitrogen functional groups attached to an aromatic ring is 1. The third-order valence-corrected chi connectivity index (χ3v) is 4.30. The average Bonchev–Trinajstić information content (AvgIpc) is 2.89. The van der Waals surface area contributed by atoms with Gasteiger partial charge in [-0.3, -0.25) is 20.7 Å². The van der Waals surface area contributed by atoms with Gasteiger partial charge in [-0.05, 0) is 12.1 Å². The zero-order valence-corrected chi connectivity index (χ0v) is 11.3. The molecule has 0 radical (unpaired) electrons. The lowest BCUT2D eigenvalue weighted by molar-refractivity contribution is -0.384. The Kier molecular flexibility index (Phi) is 3.78. The SMILES string of the molecule is NNc1cc(S(=O)(=O)Nc2cnns2)ccc1[N+](=O)[O-]. The number of nitro benzene ring substituents is 1. The van der Waals surface area contributed by atoms with Crippen molar-refractivity contribution in [3.8, 4) is 0 Å². The topological polar surface area (TPSA) is 153 Å². The Morgan fingerprint density at radius 3 is 2.70 bits per heavy atom. The minimum Gasteiger partial charge on any atom is -0.318 e. The fourth-order valence-electron chi connectivity index (χ4n) is 1.36. The maximum atomic E-state index is 12.1. The molecule has 10 nitrogen and oxygen atoms in total. The smallest absolute Gasteiger partial charge is 0.293 e. The molecular weight excluding hydrogens is 308 g/mol. The molecule has 0 aliphatic carbocycles. The fraction of sp³-hybridized carbons (Fsp3) is 0. The number of sulfonamides is 1. The minimum absolute atomic E-state index is 0.111. The molecular formula is C8H8N6O4S2. The highest BCUT2D eigenvalue weighted by Crippen LogP contribution is 2.27. The van der Waals surface area contributed by atoms with Crippen molar-refractivity contribution >= 4 is 37.9 Å². The molecule has 0 atom stereocenters. The molecule has 0 spiro atoms. The van der Waals surface area contributed by atoms with Gasteiger partial charge in [-0.1, -0.05) is 4.49 Å². The van der Waals surface area contributed by atoms with E-state index in [1.165, 1.54) is 6.20 Å². The lowest BCUT2D eigenvalue weighted by atomic mass is 10.3. The summed E-state index contributed by atoms with van der Waals surface area (Å²) in [5.74, 6) is 5.15. The normalized spacial score (nSPS) is 11.1. The first-order chi connectivity index (χ1) is 9.44. The summed E-state index contributed by atoms with van der Waals surface area (Å²) in [5, 5.41) is 14.4. The predicted molar refractivity (Wildman–Crippen MR) is 71.6 cm³/mol. The van der Waals surface area contributed by atoms with Crippen molar-refractivity contribution in [1.82, 2.24) is 9.59 Å². The van der Waals surface area contributed by atoms with Crippen LogP contribution in [0.3, 0.4) is 0 Å². The number of aromatic nitrogens is 2. The van der Waals surface area contributed by atoms with E-state index in [1.807, 2.05) is 0 Å². The summed E-state index contributed by atoms with van der Waals surface area (Å²) in [7, 11) is -3.90. The van der Waals surface area contributed by atoms with Crippen molar-refractivity contribution in [2.45, 2.75) is 4.90 Å². The number of nitrogens with two attached hydrogens (primary N) is 1. The summed E-state index contributed by atoms with van der Waals surface area (Å²) in [6, 6.07) is 3.22. The van der Waals surface area contributed by atoms with Crippen LogP contribution < -0.4 is 16.0 Å². The highest BCUT2D eigenvalue weighted by molar-refractivity contribution is 7.93. The van der Waals surface area contributed by atoms with E-state index >= 15 is 0 Å². The van der Waals surface area contributed by atoms with Gasteiger partial charge in [0.25, 0.3) is 15.7 Å². The number of benzene rings is 1. The van der Waals surface area contributed by atoms with Crippen LogP contribution in [-0.2, 0) is 10.0 Å². The zero-order valence-electron chi connectivity index (χ0n) is 9.68. The maximum Gasteiger partial charge on any atom is 0.293 e. The first kappa shape index (κ1) is 14.1. The lowest BCUT2D eigenvalue weighted by Gasteiger charge is -2.07. The molecule has 1 aromatic heterocycles. The van der Waals surface area contributed by atoms with Crippen molar-refractivity contribution in [1.29, 1.82) is 0 Å². The van der Waals surface area contributed by atoms with Gasteiger partial charge in [0, 0.05) is 17.6 Å². The van der Waals surface area contributed by atoms with E-state index in [1.54, 1.807) is 0 Å². The van der Waals surface area contributed by atoms with Crippen LogP contribution in [0.4, 0.5) is 16.4 Å². The molecule has 0 saturated heterocycles. The number of hydrazine groups is 1. The van der Waals surface area contributed by atoms with Gasteiger partial charge in [0.1, 0.15) is 10.7 Å². The summed E-state index contributed by atoms with van der Waals surface area (Å²) in [6.07, 6.45) is 1.25. The Labute approximate surface area is 117 Å². The second-order valence-electron chi connectivity index (χ2n) is 3.47. The Morgan fingerprint density at radius 1 is 1.40 bits per heavy atom. The molecule has 0 amide bonds. The second-order valence-corrected chi connectivity index (χ2v) is 5.94. The summed E-state index contributed by atoms with van der Waals surface area (Å²) < 4.78 is 29.9. The molecule has 4 N–H and O–H groups in total. The molecule has 0 aliphatic heterocycles. The van der Waals surface area contributed by atoms with Gasteiger partial charge in [-0.15, -0.1) is 5.10 Å². The van der Waals surface area contributed by atoms with Gasteiger partial charge in [-0.25, -0.2) is 8.42 Å². The van der Waals surface area contributed by atoms with E-state index in [9.17, 15) is 18.5 Å². The fourth-order valence-corrected chi connectivity index (χ4v) is 3.07. The lowest BCUT2D eigenvalue weighted by Crippen LogP contribution is -2.14. The van der Waals surface area contributed by atoms with Crippen LogP contribution in [-0.4, -0.2) is 22.9 Å². The van der Waals surface area contributed by atoms with E-state index in [4.69, 9.17) is 5.84 Å². The summed E-state index contributed by atoms with van der Waals surface area (Å²) in [4.78, 5) is 9.88. The van der Waals surface area contributed by atoms with E-state index < -0.39 is 14.9 Å². The summed E-state index contributed by atoms with van der Waals surface area (Å²) in [6.45, 7) is 0. The molecule has 0 saturated carbocycles. The van der Waals surface area contributed by atoms with Gasteiger partial charge in [0.05, 0.1) is 16.0 Å². The number of nitrogens with zero attached hydrogens (tertiary/aromatic N) is 3. The van der Waals surface area contributed by atoms with Gasteiger partial charge in [0.2, 0.25) is 0 Å². The van der Waals surface area contributed by atoms with Crippen molar-refractivity contribution in [3.63, 3.8) is 0 Å². The first-order valence-corrected chi connectivity index (χ1v) is 7.25. The number of hydrogen-bond acceptors (Lipinski definition) is 9. The van der Waals surface area contributed by atoms with Crippen LogP contribution in [0.2, 0.25) is 0 Å². The number of hydrogen-bond donors (Lipinski definition) is 3. The molecule has 0 unspecified atom stereocenters. The van der Waals surface area contributed by atoms with Crippen LogP contribution in [0.15, 0.2) is 29.3 Å². The highest BCUT2D eigenvalue weighted by Gasteiger charge is 2.20. The molecule has 0 aliphatic rings. The van der Waals surface area contributed by atoms with Crippen LogP contribution in [0.5, 0.6) is 0 Å². The molecule has 1 heterocycles. The second kappa shape index (κ2) is 5.36. The zero-order chi connectivity index (χ0) is 14.8. The van der Waals surface area contributed by atoms with Crippen LogP contribution in [0.25, 0.3) is 0 Å². The van der Waals surface area contributed by atoms with Crippen molar-refractivity contribution in [2.24, 2.45) is 5.84 Å². The number of rotatable bonds is 5. The standard InChI is InChI=1S/C8H8N6O4S2/c9-11-6-3-5(1-2-7(6)14(15)16)20(17,18)12-8-4-10-13-19-8/h1-4,11-12H,9H2. The molecule has 1 aromatic carbocycles. The molecule has 20 heavy (non-hydrogen) atoms.